The maximum absolute atomic E-state index is 4.97. The minimum atomic E-state index is 0. The third kappa shape index (κ3) is 2.30. The molecule has 1 saturated heterocycles. The third-order valence-corrected chi connectivity index (χ3v) is 5.37. The van der Waals surface area contributed by atoms with Crippen LogP contribution in [0.3, 0.4) is 0 Å². The van der Waals surface area contributed by atoms with Crippen LogP contribution in [0.2, 0.25) is 0 Å². The van der Waals surface area contributed by atoms with Gasteiger partial charge in [0.1, 0.15) is 0 Å². The molecule has 3 nitrogen and oxygen atoms in total. The molecular formula is C20H22ClN3. The number of anilines is 1. The average molecular weight is 340 g/mol. The molecule has 0 aromatic heterocycles. The van der Waals surface area contributed by atoms with Crippen LogP contribution in [0.25, 0.3) is 0 Å². The highest BCUT2D eigenvalue weighted by Crippen LogP contribution is 2.40. The zero-order valence-electron chi connectivity index (χ0n) is 13.7. The minimum Gasteiger partial charge on any atom is -0.343 e. The van der Waals surface area contributed by atoms with Crippen molar-refractivity contribution in [2.75, 3.05) is 24.5 Å². The summed E-state index contributed by atoms with van der Waals surface area (Å²) in [4.78, 5) is 9.95. The van der Waals surface area contributed by atoms with E-state index in [0.29, 0.717) is 6.04 Å². The highest BCUT2D eigenvalue weighted by atomic mass is 35.5. The summed E-state index contributed by atoms with van der Waals surface area (Å²) >= 11 is 0. The maximum atomic E-state index is 4.97. The maximum Gasteiger partial charge on any atom is 0.201 e. The van der Waals surface area contributed by atoms with Crippen LogP contribution in [0.15, 0.2) is 53.5 Å². The van der Waals surface area contributed by atoms with Crippen LogP contribution in [-0.2, 0) is 6.42 Å². The number of hydrogen-bond donors (Lipinski definition) is 0. The Balaban J connectivity index is 0.00000146. The van der Waals surface area contributed by atoms with Gasteiger partial charge in [-0.2, -0.15) is 0 Å². The summed E-state index contributed by atoms with van der Waals surface area (Å²) < 4.78 is 0. The van der Waals surface area contributed by atoms with Crippen molar-refractivity contribution in [2.45, 2.75) is 25.3 Å². The molecule has 0 radical (unpaired) electrons. The van der Waals surface area contributed by atoms with E-state index in [-0.39, 0.29) is 12.4 Å². The first-order valence-corrected chi connectivity index (χ1v) is 8.66. The zero-order valence-corrected chi connectivity index (χ0v) is 14.5. The molecule has 3 aliphatic rings. The van der Waals surface area contributed by atoms with Crippen LogP contribution in [0.5, 0.6) is 0 Å². The molecule has 1 atom stereocenters. The summed E-state index contributed by atoms with van der Waals surface area (Å²) in [6.45, 7) is 3.16. The van der Waals surface area contributed by atoms with Gasteiger partial charge in [0.2, 0.25) is 5.96 Å². The molecule has 3 heterocycles. The molecule has 4 heteroatoms. The smallest absolute Gasteiger partial charge is 0.201 e. The van der Waals surface area contributed by atoms with Gasteiger partial charge in [0.05, 0.1) is 12.6 Å². The lowest BCUT2D eigenvalue weighted by atomic mass is 9.97. The van der Waals surface area contributed by atoms with Crippen molar-refractivity contribution in [2.24, 2.45) is 4.99 Å². The Labute approximate surface area is 149 Å². The second-order valence-corrected chi connectivity index (χ2v) is 6.72. The lowest BCUT2D eigenvalue weighted by Crippen LogP contribution is -2.41. The Morgan fingerprint density at radius 2 is 1.58 bits per heavy atom. The van der Waals surface area contributed by atoms with Gasteiger partial charge in [-0.05, 0) is 42.0 Å². The van der Waals surface area contributed by atoms with Gasteiger partial charge < -0.3 is 9.80 Å². The number of para-hydroxylation sites is 1. The van der Waals surface area contributed by atoms with Gasteiger partial charge in [0, 0.05) is 18.8 Å². The molecule has 0 bridgehead atoms. The first-order valence-electron chi connectivity index (χ1n) is 8.66. The van der Waals surface area contributed by atoms with Gasteiger partial charge in [0.25, 0.3) is 0 Å². The van der Waals surface area contributed by atoms with Gasteiger partial charge in [-0.25, -0.2) is 0 Å². The van der Waals surface area contributed by atoms with E-state index in [9.17, 15) is 0 Å². The van der Waals surface area contributed by atoms with E-state index in [1.54, 1.807) is 0 Å². The Morgan fingerprint density at radius 1 is 0.875 bits per heavy atom. The van der Waals surface area contributed by atoms with Gasteiger partial charge in [-0.15, -0.1) is 12.4 Å². The molecule has 1 unspecified atom stereocenters. The van der Waals surface area contributed by atoms with E-state index in [1.807, 2.05) is 0 Å². The highest BCUT2D eigenvalue weighted by Gasteiger charge is 2.37. The molecule has 0 aliphatic carbocycles. The predicted molar refractivity (Wildman–Crippen MR) is 101 cm³/mol. The summed E-state index contributed by atoms with van der Waals surface area (Å²) in [6, 6.07) is 18.1. The van der Waals surface area contributed by atoms with Gasteiger partial charge in [-0.1, -0.05) is 42.5 Å². The van der Waals surface area contributed by atoms with Gasteiger partial charge in [0.15, 0.2) is 0 Å². The van der Waals surface area contributed by atoms with Gasteiger partial charge in [-0.3, -0.25) is 4.99 Å². The van der Waals surface area contributed by atoms with Crippen molar-refractivity contribution in [3.8, 4) is 0 Å². The normalized spacial score (nSPS) is 21.3. The highest BCUT2D eigenvalue weighted by molar-refractivity contribution is 6.00. The van der Waals surface area contributed by atoms with E-state index in [4.69, 9.17) is 4.99 Å². The Bertz CT molecular complexity index is 780. The molecule has 2 aromatic carbocycles. The SMILES string of the molecule is Cl.c1ccc2c(c1)Cc1ccccc1N1C(N3CCCC3)=NCC21. The second-order valence-electron chi connectivity index (χ2n) is 6.72. The average Bonchev–Trinajstić information content (AvgIpc) is 3.22. The zero-order chi connectivity index (χ0) is 15.2. The molecule has 0 saturated carbocycles. The van der Waals surface area contributed by atoms with Gasteiger partial charge >= 0.3 is 0 Å². The molecular weight excluding hydrogens is 318 g/mol. The number of guanidine groups is 1. The fraction of sp³-hybridized carbons (Fsp3) is 0.350. The van der Waals surface area contributed by atoms with Crippen LogP contribution in [0, 0.1) is 0 Å². The second kappa shape index (κ2) is 6.14. The Kier molecular flexibility index (Phi) is 3.97. The quantitative estimate of drug-likeness (QED) is 0.721. The van der Waals surface area contributed by atoms with Crippen LogP contribution >= 0.6 is 12.4 Å². The topological polar surface area (TPSA) is 18.8 Å². The molecule has 0 amide bonds. The van der Waals surface area contributed by atoms with Crippen LogP contribution in [0.4, 0.5) is 5.69 Å². The van der Waals surface area contributed by atoms with Crippen molar-refractivity contribution in [1.29, 1.82) is 0 Å². The summed E-state index contributed by atoms with van der Waals surface area (Å²) in [5.74, 6) is 1.19. The van der Waals surface area contributed by atoms with Crippen molar-refractivity contribution in [1.82, 2.24) is 4.90 Å². The van der Waals surface area contributed by atoms with Crippen molar-refractivity contribution in [3.63, 3.8) is 0 Å². The standard InChI is InChI=1S/C20H21N3.ClH/c1-3-9-17-15(7-1)13-16-8-2-4-10-18(16)23-19(17)14-21-20(23)22-11-5-6-12-22;/h1-4,7-10,19H,5-6,11-14H2;1H. The first kappa shape index (κ1) is 15.5. The summed E-state index contributed by atoms with van der Waals surface area (Å²) in [6.07, 6.45) is 3.60. The number of likely N-dealkylation sites (tertiary alicyclic amines) is 1. The first-order chi connectivity index (χ1) is 11.4. The number of hydrogen-bond acceptors (Lipinski definition) is 3. The minimum absolute atomic E-state index is 0. The molecule has 24 heavy (non-hydrogen) atoms. The van der Waals surface area contributed by atoms with E-state index in [0.717, 1.165) is 26.1 Å². The molecule has 124 valence electrons. The number of rotatable bonds is 0. The van der Waals surface area contributed by atoms with E-state index < -0.39 is 0 Å². The number of fused-ring (bicyclic) bond motifs is 5. The lowest BCUT2D eigenvalue weighted by Gasteiger charge is -2.32. The van der Waals surface area contributed by atoms with E-state index in [1.165, 1.54) is 41.2 Å². The Hall–Kier alpha value is -2.00. The van der Waals surface area contributed by atoms with Crippen LogP contribution in [0.1, 0.15) is 35.6 Å². The summed E-state index contributed by atoms with van der Waals surface area (Å²) in [5, 5.41) is 0. The fourth-order valence-corrected chi connectivity index (χ4v) is 4.27. The van der Waals surface area contributed by atoms with Crippen LogP contribution in [-0.4, -0.2) is 30.5 Å². The molecule has 0 N–H and O–H groups in total. The largest absolute Gasteiger partial charge is 0.343 e. The van der Waals surface area contributed by atoms with Crippen molar-refractivity contribution in [3.05, 3.63) is 65.2 Å². The van der Waals surface area contributed by atoms with E-state index >= 15 is 0 Å². The molecule has 5 rings (SSSR count). The summed E-state index contributed by atoms with van der Waals surface area (Å²) in [7, 11) is 0. The number of halogens is 1. The van der Waals surface area contributed by atoms with Crippen molar-refractivity contribution >= 4 is 24.1 Å². The molecule has 1 fully saturated rings. The summed E-state index contributed by atoms with van der Waals surface area (Å²) in [5.41, 5.74) is 5.65. The van der Waals surface area contributed by atoms with Crippen LogP contribution < -0.4 is 4.90 Å². The monoisotopic (exact) mass is 339 g/mol. The lowest BCUT2D eigenvalue weighted by molar-refractivity contribution is 0.509. The van der Waals surface area contributed by atoms with E-state index in [2.05, 4.69) is 58.3 Å². The Morgan fingerprint density at radius 3 is 2.42 bits per heavy atom. The number of benzene rings is 2. The predicted octanol–water partition coefficient (Wildman–Crippen LogP) is 4.03. The molecule has 0 spiro atoms. The third-order valence-electron chi connectivity index (χ3n) is 5.37. The fourth-order valence-electron chi connectivity index (χ4n) is 4.27. The molecule has 2 aromatic rings. The number of nitrogens with zero attached hydrogens (tertiary/aromatic N) is 3. The molecule has 3 aliphatic heterocycles. The van der Waals surface area contributed by atoms with Crippen molar-refractivity contribution < 1.29 is 0 Å². The number of aliphatic imine (C=N–C) groups is 1.